The molecule has 3 heterocycles. The van der Waals surface area contributed by atoms with Crippen molar-refractivity contribution in [2.45, 2.75) is 64.3 Å². The number of hydrogen-bond donors (Lipinski definition) is 1. The third-order valence-corrected chi connectivity index (χ3v) is 9.59. The van der Waals surface area contributed by atoms with Gasteiger partial charge in [-0.15, -0.1) is 0 Å². The molecule has 3 aliphatic heterocycles. The minimum absolute atomic E-state index is 0.0190. The number of benzene rings is 2. The van der Waals surface area contributed by atoms with Gasteiger partial charge in [0.25, 0.3) is 0 Å². The van der Waals surface area contributed by atoms with Crippen LogP contribution in [0.3, 0.4) is 0 Å². The van der Waals surface area contributed by atoms with E-state index in [1.807, 2.05) is 42.4 Å². The van der Waals surface area contributed by atoms with Crippen molar-refractivity contribution in [3.05, 3.63) is 95.6 Å². The highest BCUT2D eigenvalue weighted by atomic mass is 16.2. The Balaban J connectivity index is 1.39. The minimum atomic E-state index is -0.374. The number of urea groups is 1. The summed E-state index contributed by atoms with van der Waals surface area (Å²) in [5.74, 6) is 0.558. The molecule has 0 spiro atoms. The Hall–Kier alpha value is -3.42. The molecule has 2 bridgehead atoms. The molecule has 2 saturated heterocycles. The Bertz CT molecular complexity index is 1330. The zero-order chi connectivity index (χ0) is 28.7. The largest absolute Gasteiger partial charge is 0.334 e. The SMILES string of the molecule is CC(C)[C@H]1C2N(CC(c3ccccc3)C3=CC2(C)CCC=C3)C[C@H]2N1C(=O)CN(C)N2C(=O)NCc1ccccc1. The summed E-state index contributed by atoms with van der Waals surface area (Å²) in [5, 5.41) is 6.74. The topological polar surface area (TPSA) is 59.1 Å². The molecule has 4 aliphatic rings. The summed E-state index contributed by atoms with van der Waals surface area (Å²) < 4.78 is 0. The van der Waals surface area contributed by atoms with Crippen molar-refractivity contribution in [2.24, 2.45) is 11.3 Å². The fraction of sp³-hybridized carbons (Fsp3) is 0.471. The number of hydrazine groups is 1. The highest BCUT2D eigenvalue weighted by molar-refractivity contribution is 5.83. The Morgan fingerprint density at radius 2 is 1.76 bits per heavy atom. The number of allylic oxidation sites excluding steroid dienone is 2. The van der Waals surface area contributed by atoms with E-state index in [4.69, 9.17) is 0 Å². The number of nitrogens with one attached hydrogen (secondary N) is 1. The van der Waals surface area contributed by atoms with E-state index >= 15 is 0 Å². The number of nitrogens with zero attached hydrogens (tertiary/aromatic N) is 4. The van der Waals surface area contributed by atoms with E-state index in [1.54, 1.807) is 5.01 Å². The van der Waals surface area contributed by atoms with Gasteiger partial charge in [-0.25, -0.2) is 14.8 Å². The smallest absolute Gasteiger partial charge is 0.333 e. The number of likely N-dealkylation sites (N-methyl/N-ethyl adjacent to an activating group) is 1. The molecular formula is C34H43N5O2. The van der Waals surface area contributed by atoms with Gasteiger partial charge in [0.15, 0.2) is 0 Å². The number of carbonyl (C=O) groups is 2. The molecule has 7 nitrogen and oxygen atoms in total. The van der Waals surface area contributed by atoms with Crippen LogP contribution in [-0.4, -0.2) is 76.7 Å². The zero-order valence-corrected chi connectivity index (χ0v) is 24.7. The van der Waals surface area contributed by atoms with E-state index in [0.29, 0.717) is 13.1 Å². The van der Waals surface area contributed by atoms with Crippen molar-refractivity contribution in [1.82, 2.24) is 25.1 Å². The van der Waals surface area contributed by atoms with Crippen molar-refractivity contribution >= 4 is 11.9 Å². The molecule has 2 fully saturated rings. The van der Waals surface area contributed by atoms with E-state index in [1.165, 1.54) is 11.1 Å². The quantitative estimate of drug-likeness (QED) is 0.579. The van der Waals surface area contributed by atoms with Crippen molar-refractivity contribution in [3.63, 3.8) is 0 Å². The van der Waals surface area contributed by atoms with Gasteiger partial charge in [0.05, 0.1) is 12.6 Å². The van der Waals surface area contributed by atoms with Crippen LogP contribution in [0.4, 0.5) is 4.79 Å². The van der Waals surface area contributed by atoms with E-state index in [2.05, 4.69) is 84.4 Å². The third-order valence-electron chi connectivity index (χ3n) is 9.59. The first-order valence-corrected chi connectivity index (χ1v) is 15.1. The van der Waals surface area contributed by atoms with Crippen LogP contribution in [0.25, 0.3) is 0 Å². The lowest BCUT2D eigenvalue weighted by Gasteiger charge is -2.61. The Labute approximate surface area is 244 Å². The van der Waals surface area contributed by atoms with Gasteiger partial charge in [-0.2, -0.15) is 0 Å². The summed E-state index contributed by atoms with van der Waals surface area (Å²) >= 11 is 0. The van der Waals surface area contributed by atoms with Crippen LogP contribution >= 0.6 is 0 Å². The summed E-state index contributed by atoms with van der Waals surface area (Å²) in [4.78, 5) is 32.4. The Morgan fingerprint density at radius 3 is 2.46 bits per heavy atom. The molecule has 0 saturated carbocycles. The monoisotopic (exact) mass is 553 g/mol. The van der Waals surface area contributed by atoms with E-state index in [9.17, 15) is 9.59 Å². The van der Waals surface area contributed by atoms with Gasteiger partial charge in [0.2, 0.25) is 5.91 Å². The number of fused-ring (bicyclic) bond motifs is 4. The summed E-state index contributed by atoms with van der Waals surface area (Å²) in [7, 11) is 1.86. The highest BCUT2D eigenvalue weighted by Gasteiger charge is 2.57. The van der Waals surface area contributed by atoms with E-state index in [-0.39, 0.29) is 54.0 Å². The summed E-state index contributed by atoms with van der Waals surface area (Å²) in [6.45, 7) is 8.97. The summed E-state index contributed by atoms with van der Waals surface area (Å²) in [5.41, 5.74) is 3.62. The van der Waals surface area contributed by atoms with Gasteiger partial charge in [0, 0.05) is 44.1 Å². The number of rotatable bonds is 4. The molecular weight excluding hydrogens is 510 g/mol. The molecule has 216 valence electrons. The second kappa shape index (κ2) is 11.1. The number of amides is 3. The second-order valence-electron chi connectivity index (χ2n) is 12.8. The summed E-state index contributed by atoms with van der Waals surface area (Å²) in [6.07, 6.45) is 8.87. The first-order chi connectivity index (χ1) is 19.8. The minimum Gasteiger partial charge on any atom is -0.333 e. The van der Waals surface area contributed by atoms with Crippen LogP contribution in [0.15, 0.2) is 84.5 Å². The lowest BCUT2D eigenvalue weighted by molar-refractivity contribution is -0.196. The molecule has 0 radical (unpaired) electrons. The maximum atomic E-state index is 13.9. The predicted molar refractivity (Wildman–Crippen MR) is 162 cm³/mol. The van der Waals surface area contributed by atoms with Crippen LogP contribution in [-0.2, 0) is 11.3 Å². The molecule has 3 amide bonds. The first kappa shape index (κ1) is 27.7. The van der Waals surface area contributed by atoms with Crippen molar-refractivity contribution < 1.29 is 9.59 Å². The lowest BCUT2D eigenvalue weighted by Crippen LogP contribution is -2.78. The Kier molecular flexibility index (Phi) is 7.51. The molecule has 1 aliphatic carbocycles. The summed E-state index contributed by atoms with van der Waals surface area (Å²) in [6, 6.07) is 20.7. The predicted octanol–water partition coefficient (Wildman–Crippen LogP) is 5.00. The van der Waals surface area contributed by atoms with Crippen molar-refractivity contribution in [1.29, 1.82) is 0 Å². The van der Waals surface area contributed by atoms with Gasteiger partial charge < -0.3 is 10.2 Å². The molecule has 7 heteroatoms. The standard InChI is InChI=1S/C34H43N5O2/c1-24(2)31-32-34(3)18-12-11-17-27(19-34)28(26-15-9-6-10-16-26)21-37(32)22-29-38(31)30(40)23-36(4)39(29)33(41)35-20-25-13-7-5-8-14-25/h5-11,13-17,19,24,28-29,31-32H,12,18,20-23H2,1-4H3,(H,35,41)/t28?,29-,31-,32?,34?/m0/s1. The maximum absolute atomic E-state index is 13.9. The van der Waals surface area contributed by atoms with Crippen LogP contribution in [0.2, 0.25) is 0 Å². The van der Waals surface area contributed by atoms with Gasteiger partial charge in [-0.3, -0.25) is 9.69 Å². The normalized spacial score (nSPS) is 30.3. The number of carbonyl (C=O) groups excluding carboxylic acids is 2. The average Bonchev–Trinajstić information content (AvgIpc) is 3.23. The van der Waals surface area contributed by atoms with Gasteiger partial charge in [-0.05, 0) is 35.5 Å². The maximum Gasteiger partial charge on any atom is 0.334 e. The van der Waals surface area contributed by atoms with E-state index in [0.717, 1.165) is 24.9 Å². The van der Waals surface area contributed by atoms with Gasteiger partial charge in [-0.1, -0.05) is 99.7 Å². The van der Waals surface area contributed by atoms with Crippen molar-refractivity contribution in [3.8, 4) is 0 Å². The van der Waals surface area contributed by atoms with Crippen LogP contribution < -0.4 is 5.32 Å². The fourth-order valence-corrected chi connectivity index (χ4v) is 7.80. The molecule has 2 aromatic rings. The highest BCUT2D eigenvalue weighted by Crippen LogP contribution is 2.49. The molecule has 5 atom stereocenters. The number of piperazine rings is 1. The molecule has 41 heavy (non-hydrogen) atoms. The molecule has 1 N–H and O–H groups in total. The van der Waals surface area contributed by atoms with E-state index < -0.39 is 0 Å². The Morgan fingerprint density at radius 1 is 1.05 bits per heavy atom. The molecule has 6 rings (SSSR count). The lowest BCUT2D eigenvalue weighted by atomic mass is 9.70. The van der Waals surface area contributed by atoms with Crippen LogP contribution in [0.5, 0.6) is 0 Å². The third kappa shape index (κ3) is 5.10. The molecule has 2 aromatic carbocycles. The fourth-order valence-electron chi connectivity index (χ4n) is 7.80. The molecule has 0 aromatic heterocycles. The van der Waals surface area contributed by atoms with Crippen LogP contribution in [0, 0.1) is 11.3 Å². The number of hydrogen-bond acceptors (Lipinski definition) is 4. The zero-order valence-electron chi connectivity index (χ0n) is 24.7. The van der Waals surface area contributed by atoms with Gasteiger partial charge >= 0.3 is 6.03 Å². The first-order valence-electron chi connectivity index (χ1n) is 15.1. The molecule has 3 unspecified atom stereocenters. The van der Waals surface area contributed by atoms with Crippen LogP contribution in [0.1, 0.15) is 50.7 Å². The van der Waals surface area contributed by atoms with Crippen molar-refractivity contribution in [2.75, 3.05) is 26.7 Å². The average molecular weight is 554 g/mol. The second-order valence-corrected chi connectivity index (χ2v) is 12.8. The van der Waals surface area contributed by atoms with Gasteiger partial charge in [0.1, 0.15) is 6.17 Å².